The van der Waals surface area contributed by atoms with Gasteiger partial charge in [-0.1, -0.05) is 23.8 Å². The maximum atomic E-state index is 9.00. The Labute approximate surface area is 84.0 Å². The van der Waals surface area contributed by atoms with Crippen LogP contribution in [0.25, 0.3) is 0 Å². The number of hydrogen-bond donors (Lipinski definition) is 2. The van der Waals surface area contributed by atoms with Crippen molar-refractivity contribution in [3.05, 3.63) is 34.9 Å². The van der Waals surface area contributed by atoms with Gasteiger partial charge < -0.3 is 10.2 Å². The second-order valence-electron chi connectivity index (χ2n) is 3.11. The van der Waals surface area contributed by atoms with Crippen LogP contribution in [0.2, 0.25) is 0 Å². The van der Waals surface area contributed by atoms with Gasteiger partial charge in [0.15, 0.2) is 0 Å². The molecule has 0 heterocycles. The van der Waals surface area contributed by atoms with Gasteiger partial charge in [-0.15, -0.1) is 0 Å². The normalized spacial score (nSPS) is 8.86. The zero-order valence-corrected chi connectivity index (χ0v) is 8.74. The molecule has 78 valence electrons. The maximum absolute atomic E-state index is 9.00. The van der Waals surface area contributed by atoms with Crippen LogP contribution in [0, 0.1) is 13.8 Å². The van der Waals surface area contributed by atoms with Crippen molar-refractivity contribution >= 4 is 5.97 Å². The zero-order chi connectivity index (χ0) is 11.1. The molecule has 0 aromatic heterocycles. The number of carboxylic acids is 1. The molecule has 0 unspecified atom stereocenters. The minimum absolute atomic E-state index is 0.145. The molecule has 0 saturated carbocycles. The Morgan fingerprint density at radius 3 is 2.21 bits per heavy atom. The third kappa shape index (κ3) is 5.32. The molecule has 0 aliphatic heterocycles. The van der Waals surface area contributed by atoms with E-state index in [1.807, 2.05) is 26.0 Å². The van der Waals surface area contributed by atoms with E-state index in [1.54, 1.807) is 0 Å². The standard InChI is InChI=1S/C9H12O.C2H4O2/c1-7-3-4-9(6-10)8(2)5-7;1-2(3)4/h3-5,10H,6H2,1-2H3;1H3,(H,3,4). The second-order valence-corrected chi connectivity index (χ2v) is 3.11. The summed E-state index contributed by atoms with van der Waals surface area (Å²) in [6.07, 6.45) is 0. The Hall–Kier alpha value is -1.35. The van der Waals surface area contributed by atoms with Crippen LogP contribution in [0.3, 0.4) is 0 Å². The molecule has 2 N–H and O–H groups in total. The summed E-state index contributed by atoms with van der Waals surface area (Å²) in [5.74, 6) is -0.833. The molecule has 0 atom stereocenters. The van der Waals surface area contributed by atoms with Crippen LogP contribution in [-0.4, -0.2) is 16.2 Å². The molecule has 1 aromatic rings. The van der Waals surface area contributed by atoms with Gasteiger partial charge >= 0.3 is 0 Å². The van der Waals surface area contributed by atoms with Gasteiger partial charge in [-0.3, -0.25) is 4.79 Å². The number of rotatable bonds is 1. The Morgan fingerprint density at radius 1 is 1.36 bits per heavy atom. The Morgan fingerprint density at radius 2 is 1.86 bits per heavy atom. The fourth-order valence-electron chi connectivity index (χ4n) is 1.02. The molecule has 3 heteroatoms. The van der Waals surface area contributed by atoms with Gasteiger partial charge in [-0.2, -0.15) is 0 Å². The lowest BCUT2D eigenvalue weighted by molar-refractivity contribution is -0.134. The lowest BCUT2D eigenvalue weighted by Crippen LogP contribution is -1.87. The molecule has 0 saturated heterocycles. The fourth-order valence-corrected chi connectivity index (χ4v) is 1.02. The lowest BCUT2D eigenvalue weighted by atomic mass is 10.1. The molecule has 0 bridgehead atoms. The molecule has 0 spiro atoms. The summed E-state index contributed by atoms with van der Waals surface area (Å²) in [6.45, 7) is 5.29. The summed E-state index contributed by atoms with van der Waals surface area (Å²) in [5.41, 5.74) is 3.43. The molecule has 0 radical (unpaired) electrons. The van der Waals surface area contributed by atoms with Crippen molar-refractivity contribution in [2.75, 3.05) is 0 Å². The van der Waals surface area contributed by atoms with E-state index in [9.17, 15) is 0 Å². The topological polar surface area (TPSA) is 57.5 Å². The van der Waals surface area contributed by atoms with Gasteiger partial charge in [0.1, 0.15) is 0 Å². The summed E-state index contributed by atoms with van der Waals surface area (Å²) in [4.78, 5) is 9.00. The van der Waals surface area contributed by atoms with Crippen LogP contribution in [0.1, 0.15) is 23.6 Å². The Balaban J connectivity index is 0.000000364. The number of aliphatic hydroxyl groups is 1. The van der Waals surface area contributed by atoms with Gasteiger partial charge in [-0.25, -0.2) is 0 Å². The number of aliphatic hydroxyl groups excluding tert-OH is 1. The summed E-state index contributed by atoms with van der Waals surface area (Å²) in [6, 6.07) is 6.05. The number of aliphatic carboxylic acids is 1. The van der Waals surface area contributed by atoms with Crippen molar-refractivity contribution in [3.8, 4) is 0 Å². The van der Waals surface area contributed by atoms with E-state index in [0.717, 1.165) is 12.5 Å². The molecule has 1 aromatic carbocycles. The average Bonchev–Trinajstić information content (AvgIpc) is 2.03. The molecule has 0 amide bonds. The third-order valence-corrected chi connectivity index (χ3v) is 1.67. The SMILES string of the molecule is CC(=O)O.Cc1ccc(CO)c(C)c1. The van der Waals surface area contributed by atoms with E-state index in [1.165, 1.54) is 11.1 Å². The summed E-state index contributed by atoms with van der Waals surface area (Å²) in [7, 11) is 0. The second kappa shape index (κ2) is 6.16. The van der Waals surface area contributed by atoms with Crippen LogP contribution >= 0.6 is 0 Å². The summed E-state index contributed by atoms with van der Waals surface area (Å²) in [5, 5.41) is 16.2. The number of carboxylic acid groups (broad SMARTS) is 1. The number of carbonyl (C=O) groups is 1. The van der Waals surface area contributed by atoms with Crippen molar-refractivity contribution in [2.45, 2.75) is 27.4 Å². The quantitative estimate of drug-likeness (QED) is 0.721. The number of benzene rings is 1. The minimum Gasteiger partial charge on any atom is -0.481 e. The van der Waals surface area contributed by atoms with Crippen LogP contribution in [0.5, 0.6) is 0 Å². The molecule has 0 aliphatic carbocycles. The molecule has 0 fully saturated rings. The average molecular weight is 196 g/mol. The van der Waals surface area contributed by atoms with Crippen LogP contribution in [0.15, 0.2) is 18.2 Å². The smallest absolute Gasteiger partial charge is 0.300 e. The minimum atomic E-state index is -0.833. The number of hydrogen-bond acceptors (Lipinski definition) is 2. The molecular formula is C11H16O3. The van der Waals surface area contributed by atoms with E-state index < -0.39 is 5.97 Å². The van der Waals surface area contributed by atoms with Gasteiger partial charge in [0.25, 0.3) is 5.97 Å². The lowest BCUT2D eigenvalue weighted by Gasteiger charge is -2.01. The first-order valence-corrected chi connectivity index (χ1v) is 4.34. The largest absolute Gasteiger partial charge is 0.481 e. The van der Waals surface area contributed by atoms with Crippen molar-refractivity contribution in [3.63, 3.8) is 0 Å². The van der Waals surface area contributed by atoms with Gasteiger partial charge in [-0.05, 0) is 25.0 Å². The number of aryl methyl sites for hydroxylation is 2. The Kier molecular flexibility index (Phi) is 5.56. The first-order chi connectivity index (χ1) is 6.47. The Bertz CT molecular complexity index is 301. The maximum Gasteiger partial charge on any atom is 0.300 e. The van der Waals surface area contributed by atoms with E-state index in [-0.39, 0.29) is 6.61 Å². The highest BCUT2D eigenvalue weighted by Gasteiger charge is 1.94. The van der Waals surface area contributed by atoms with E-state index in [2.05, 4.69) is 6.07 Å². The zero-order valence-electron chi connectivity index (χ0n) is 8.74. The fraction of sp³-hybridized carbons (Fsp3) is 0.364. The van der Waals surface area contributed by atoms with Crippen LogP contribution < -0.4 is 0 Å². The third-order valence-electron chi connectivity index (χ3n) is 1.67. The van der Waals surface area contributed by atoms with Crippen LogP contribution in [0.4, 0.5) is 0 Å². The highest BCUT2D eigenvalue weighted by molar-refractivity contribution is 5.62. The monoisotopic (exact) mass is 196 g/mol. The van der Waals surface area contributed by atoms with E-state index in [0.29, 0.717) is 0 Å². The molecule has 14 heavy (non-hydrogen) atoms. The van der Waals surface area contributed by atoms with E-state index in [4.69, 9.17) is 15.0 Å². The molecule has 1 rings (SSSR count). The molecular weight excluding hydrogens is 180 g/mol. The predicted octanol–water partition coefficient (Wildman–Crippen LogP) is 1.89. The van der Waals surface area contributed by atoms with Crippen molar-refractivity contribution in [1.29, 1.82) is 0 Å². The highest BCUT2D eigenvalue weighted by Crippen LogP contribution is 2.09. The van der Waals surface area contributed by atoms with Crippen LogP contribution in [-0.2, 0) is 11.4 Å². The summed E-state index contributed by atoms with van der Waals surface area (Å²) < 4.78 is 0. The predicted molar refractivity (Wildman–Crippen MR) is 55.1 cm³/mol. The first-order valence-electron chi connectivity index (χ1n) is 4.34. The van der Waals surface area contributed by atoms with Crippen molar-refractivity contribution < 1.29 is 15.0 Å². The van der Waals surface area contributed by atoms with E-state index >= 15 is 0 Å². The van der Waals surface area contributed by atoms with Crippen molar-refractivity contribution in [1.82, 2.24) is 0 Å². The highest BCUT2D eigenvalue weighted by atomic mass is 16.4. The summed E-state index contributed by atoms with van der Waals surface area (Å²) >= 11 is 0. The first kappa shape index (κ1) is 12.7. The van der Waals surface area contributed by atoms with Gasteiger partial charge in [0.05, 0.1) is 6.61 Å². The molecule has 3 nitrogen and oxygen atoms in total. The van der Waals surface area contributed by atoms with Gasteiger partial charge in [0, 0.05) is 6.92 Å². The molecule has 0 aliphatic rings. The van der Waals surface area contributed by atoms with Gasteiger partial charge in [0.2, 0.25) is 0 Å². The van der Waals surface area contributed by atoms with Crippen molar-refractivity contribution in [2.24, 2.45) is 0 Å².